The molecule has 6 aromatic carbocycles. The molecule has 0 N–H and O–H groups in total. The molecule has 0 fully saturated rings. The van der Waals surface area contributed by atoms with E-state index in [-0.39, 0.29) is 0 Å². The summed E-state index contributed by atoms with van der Waals surface area (Å²) in [5, 5.41) is 8.37. The Morgan fingerprint density at radius 3 is 2.10 bits per heavy atom. The molecule has 0 atom stereocenters. The number of rotatable bonds is 2. The Morgan fingerprint density at radius 1 is 0.567 bits per heavy atom. The van der Waals surface area contributed by atoms with Crippen molar-refractivity contribution in [1.29, 1.82) is 0 Å². The van der Waals surface area contributed by atoms with Crippen LogP contribution in [-0.2, 0) is 12.8 Å². The van der Waals surface area contributed by atoms with Gasteiger partial charge in [-0.05, 0) is 78.5 Å². The SMILES string of the molecule is c1ccc(Cc2ccc3c(c2)-c2c(c4cccc5ccc6cccc2c6c54)C3)cc1. The van der Waals surface area contributed by atoms with E-state index in [1.54, 1.807) is 0 Å². The summed E-state index contributed by atoms with van der Waals surface area (Å²) >= 11 is 0. The summed E-state index contributed by atoms with van der Waals surface area (Å²) < 4.78 is 0. The summed E-state index contributed by atoms with van der Waals surface area (Å²) in [6.45, 7) is 0. The van der Waals surface area contributed by atoms with Gasteiger partial charge in [-0.3, -0.25) is 0 Å². The molecule has 1 aliphatic rings. The van der Waals surface area contributed by atoms with Crippen molar-refractivity contribution < 1.29 is 0 Å². The zero-order valence-electron chi connectivity index (χ0n) is 16.7. The molecule has 6 aromatic rings. The number of hydrogen-bond donors (Lipinski definition) is 0. The summed E-state index contributed by atoms with van der Waals surface area (Å²) in [6.07, 6.45) is 2.01. The zero-order chi connectivity index (χ0) is 19.7. The van der Waals surface area contributed by atoms with Crippen LogP contribution >= 0.6 is 0 Å². The fourth-order valence-electron chi connectivity index (χ4n) is 5.55. The molecule has 0 aliphatic heterocycles. The van der Waals surface area contributed by atoms with Crippen LogP contribution in [0.5, 0.6) is 0 Å². The molecule has 0 bridgehead atoms. The second-order valence-electron chi connectivity index (χ2n) is 8.56. The lowest BCUT2D eigenvalue weighted by Gasteiger charge is -2.16. The Kier molecular flexibility index (Phi) is 3.20. The normalized spacial score (nSPS) is 12.7. The maximum atomic E-state index is 2.44. The Hall–Kier alpha value is -3.64. The zero-order valence-corrected chi connectivity index (χ0v) is 16.7. The second kappa shape index (κ2) is 5.93. The fraction of sp³-hybridized carbons (Fsp3) is 0.0667. The Labute approximate surface area is 175 Å². The van der Waals surface area contributed by atoms with Crippen LogP contribution in [0.1, 0.15) is 22.3 Å². The first-order valence-corrected chi connectivity index (χ1v) is 10.7. The van der Waals surface area contributed by atoms with Gasteiger partial charge in [0, 0.05) is 0 Å². The minimum Gasteiger partial charge on any atom is -0.0622 e. The Morgan fingerprint density at radius 2 is 1.30 bits per heavy atom. The highest BCUT2D eigenvalue weighted by molar-refractivity contribution is 6.28. The van der Waals surface area contributed by atoms with Gasteiger partial charge >= 0.3 is 0 Å². The third-order valence-corrected chi connectivity index (χ3v) is 6.84. The smallest absolute Gasteiger partial charge is 0.000705 e. The second-order valence-corrected chi connectivity index (χ2v) is 8.56. The van der Waals surface area contributed by atoms with E-state index < -0.39 is 0 Å². The van der Waals surface area contributed by atoms with E-state index >= 15 is 0 Å². The van der Waals surface area contributed by atoms with Gasteiger partial charge in [0.1, 0.15) is 0 Å². The van der Waals surface area contributed by atoms with Crippen LogP contribution in [0.25, 0.3) is 43.4 Å². The van der Waals surface area contributed by atoms with E-state index in [0.29, 0.717) is 0 Å². The van der Waals surface area contributed by atoms with Gasteiger partial charge in [0.15, 0.2) is 0 Å². The van der Waals surface area contributed by atoms with Crippen LogP contribution in [0.4, 0.5) is 0 Å². The molecule has 0 radical (unpaired) electrons. The van der Waals surface area contributed by atoms with Crippen molar-refractivity contribution in [1.82, 2.24) is 0 Å². The predicted molar refractivity (Wildman–Crippen MR) is 128 cm³/mol. The molecule has 1 aliphatic carbocycles. The number of hydrogen-bond acceptors (Lipinski definition) is 0. The topological polar surface area (TPSA) is 0 Å². The predicted octanol–water partition coefficient (Wildman–Crippen LogP) is 7.75. The molecule has 0 saturated carbocycles. The van der Waals surface area contributed by atoms with Crippen molar-refractivity contribution >= 4 is 32.3 Å². The molecule has 0 aromatic heterocycles. The van der Waals surface area contributed by atoms with Crippen LogP contribution in [0, 0.1) is 0 Å². The van der Waals surface area contributed by atoms with Crippen molar-refractivity contribution in [2.75, 3.05) is 0 Å². The van der Waals surface area contributed by atoms with E-state index in [1.165, 1.54) is 65.7 Å². The van der Waals surface area contributed by atoms with Crippen LogP contribution in [0.15, 0.2) is 97.1 Å². The van der Waals surface area contributed by atoms with Gasteiger partial charge in [0.2, 0.25) is 0 Å². The molecule has 0 amide bonds. The average molecular weight is 380 g/mol. The third kappa shape index (κ3) is 2.16. The number of benzene rings is 6. The highest BCUT2D eigenvalue weighted by Gasteiger charge is 2.25. The molecule has 140 valence electrons. The Bertz CT molecular complexity index is 1570. The minimum absolute atomic E-state index is 0.979. The van der Waals surface area contributed by atoms with Crippen molar-refractivity contribution in [2.45, 2.75) is 12.8 Å². The summed E-state index contributed by atoms with van der Waals surface area (Å²) in [6, 6.07) is 36.0. The molecular weight excluding hydrogens is 360 g/mol. The quantitative estimate of drug-likeness (QED) is 0.269. The van der Waals surface area contributed by atoms with Crippen LogP contribution in [0.3, 0.4) is 0 Å². The number of fused-ring (bicyclic) bond motifs is 5. The lowest BCUT2D eigenvalue weighted by Crippen LogP contribution is -1.91. The molecular formula is C30H20. The largest absolute Gasteiger partial charge is 0.0622 e. The maximum Gasteiger partial charge on any atom is -0.000705 e. The van der Waals surface area contributed by atoms with Gasteiger partial charge < -0.3 is 0 Å². The molecule has 0 saturated heterocycles. The van der Waals surface area contributed by atoms with Crippen LogP contribution in [0.2, 0.25) is 0 Å². The van der Waals surface area contributed by atoms with E-state index in [4.69, 9.17) is 0 Å². The standard InChI is InChI=1S/C30H20/c1-2-6-19(7-3-1)16-20-12-13-23-18-27-24-10-4-8-21-14-15-22-9-5-11-25(29(22)28(21)24)30(27)26(23)17-20/h1-15,17H,16,18H2. The highest BCUT2D eigenvalue weighted by Crippen LogP contribution is 2.48. The van der Waals surface area contributed by atoms with Gasteiger partial charge in [0.25, 0.3) is 0 Å². The molecule has 0 nitrogen and oxygen atoms in total. The minimum atomic E-state index is 0.979. The van der Waals surface area contributed by atoms with Crippen molar-refractivity contribution in [3.63, 3.8) is 0 Å². The van der Waals surface area contributed by atoms with Crippen LogP contribution < -0.4 is 0 Å². The van der Waals surface area contributed by atoms with E-state index in [0.717, 1.165) is 12.8 Å². The highest BCUT2D eigenvalue weighted by atomic mass is 14.3. The maximum absolute atomic E-state index is 2.44. The first kappa shape index (κ1) is 16.2. The van der Waals surface area contributed by atoms with Crippen molar-refractivity contribution in [2.24, 2.45) is 0 Å². The van der Waals surface area contributed by atoms with Gasteiger partial charge in [-0.1, -0.05) is 97.1 Å². The van der Waals surface area contributed by atoms with Gasteiger partial charge in [-0.25, -0.2) is 0 Å². The van der Waals surface area contributed by atoms with Gasteiger partial charge in [-0.2, -0.15) is 0 Å². The lowest BCUT2D eigenvalue weighted by atomic mass is 9.87. The van der Waals surface area contributed by atoms with Gasteiger partial charge in [0.05, 0.1) is 0 Å². The Balaban J connectivity index is 1.53. The van der Waals surface area contributed by atoms with E-state index in [9.17, 15) is 0 Å². The van der Waals surface area contributed by atoms with Crippen molar-refractivity contribution in [3.05, 3.63) is 119 Å². The molecule has 0 spiro atoms. The fourth-order valence-corrected chi connectivity index (χ4v) is 5.55. The summed E-state index contributed by atoms with van der Waals surface area (Å²) in [5.74, 6) is 0. The lowest BCUT2D eigenvalue weighted by molar-refractivity contribution is 1.18. The summed E-state index contributed by atoms with van der Waals surface area (Å²) in [4.78, 5) is 0. The van der Waals surface area contributed by atoms with Crippen molar-refractivity contribution in [3.8, 4) is 11.1 Å². The molecule has 7 rings (SSSR count). The molecule has 0 unspecified atom stereocenters. The summed E-state index contributed by atoms with van der Waals surface area (Å²) in [7, 11) is 0. The monoisotopic (exact) mass is 380 g/mol. The third-order valence-electron chi connectivity index (χ3n) is 6.84. The first-order chi connectivity index (χ1) is 14.9. The average Bonchev–Trinajstić information content (AvgIpc) is 3.18. The first-order valence-electron chi connectivity index (χ1n) is 10.7. The molecule has 30 heavy (non-hydrogen) atoms. The molecule has 0 heterocycles. The van der Waals surface area contributed by atoms with Gasteiger partial charge in [-0.15, -0.1) is 0 Å². The van der Waals surface area contributed by atoms with E-state index in [1.807, 2.05) is 0 Å². The van der Waals surface area contributed by atoms with Crippen LogP contribution in [-0.4, -0.2) is 0 Å². The van der Waals surface area contributed by atoms with E-state index in [2.05, 4.69) is 97.1 Å². The summed E-state index contributed by atoms with van der Waals surface area (Å²) in [5.41, 5.74) is 8.59. The molecule has 0 heteroatoms.